The van der Waals surface area contributed by atoms with Crippen LogP contribution in [0.1, 0.15) is 56.0 Å². The summed E-state index contributed by atoms with van der Waals surface area (Å²) < 4.78 is 5.26. The standard InChI is InChI=1S/C26H35N3O4/c1-16-13-14-20(18(3)15-16)22(23(30)28-21-12-10-9-11-17(21)2)29(8)24(31)19(4)27-25(32)33-26(5,6)7/h9-15,19,22H,1-8H3,(H,27,32)(H,28,30). The van der Waals surface area contributed by atoms with Gasteiger partial charge in [0.05, 0.1) is 0 Å². The van der Waals surface area contributed by atoms with Crippen molar-refractivity contribution in [1.29, 1.82) is 0 Å². The van der Waals surface area contributed by atoms with Crippen LogP contribution in [0.25, 0.3) is 0 Å². The maximum absolute atomic E-state index is 13.5. The van der Waals surface area contributed by atoms with E-state index in [1.54, 1.807) is 34.7 Å². The van der Waals surface area contributed by atoms with Crippen molar-refractivity contribution >= 4 is 23.6 Å². The zero-order valence-electron chi connectivity index (χ0n) is 20.8. The Morgan fingerprint density at radius 3 is 2.18 bits per heavy atom. The van der Waals surface area contributed by atoms with E-state index in [-0.39, 0.29) is 5.91 Å². The lowest BCUT2D eigenvalue weighted by Gasteiger charge is -2.31. The summed E-state index contributed by atoms with van der Waals surface area (Å²) in [6, 6.07) is 11.4. The number of benzene rings is 2. The van der Waals surface area contributed by atoms with Crippen molar-refractivity contribution in [2.24, 2.45) is 0 Å². The Bertz CT molecular complexity index is 1030. The van der Waals surface area contributed by atoms with Crippen molar-refractivity contribution in [3.63, 3.8) is 0 Å². The number of nitrogens with one attached hydrogen (secondary N) is 2. The second kappa shape index (κ2) is 10.5. The maximum Gasteiger partial charge on any atom is 0.408 e. The molecule has 2 atom stereocenters. The molecule has 0 heterocycles. The molecule has 0 fully saturated rings. The highest BCUT2D eigenvalue weighted by Gasteiger charge is 2.33. The van der Waals surface area contributed by atoms with Gasteiger partial charge in [0, 0.05) is 12.7 Å². The van der Waals surface area contributed by atoms with E-state index in [1.807, 2.05) is 63.2 Å². The van der Waals surface area contributed by atoms with Crippen molar-refractivity contribution < 1.29 is 19.1 Å². The first-order valence-electron chi connectivity index (χ1n) is 11.0. The number of para-hydroxylation sites is 1. The third kappa shape index (κ3) is 7.07. The van der Waals surface area contributed by atoms with Crippen LogP contribution in [-0.4, -0.2) is 41.5 Å². The summed E-state index contributed by atoms with van der Waals surface area (Å²) in [6.07, 6.45) is -0.691. The molecule has 0 radical (unpaired) electrons. The predicted octanol–water partition coefficient (Wildman–Crippen LogP) is 4.66. The number of rotatable bonds is 6. The van der Waals surface area contributed by atoms with Gasteiger partial charge < -0.3 is 20.3 Å². The molecule has 0 aromatic heterocycles. The number of alkyl carbamates (subject to hydrolysis) is 1. The molecule has 7 nitrogen and oxygen atoms in total. The minimum absolute atomic E-state index is 0.337. The van der Waals surface area contributed by atoms with Crippen LogP contribution in [0.4, 0.5) is 10.5 Å². The van der Waals surface area contributed by atoms with Crippen LogP contribution >= 0.6 is 0 Å². The molecule has 2 N–H and O–H groups in total. The highest BCUT2D eigenvalue weighted by atomic mass is 16.6. The van der Waals surface area contributed by atoms with Gasteiger partial charge in [0.25, 0.3) is 5.91 Å². The van der Waals surface area contributed by atoms with Gasteiger partial charge in [0.2, 0.25) is 5.91 Å². The molecule has 0 aliphatic rings. The van der Waals surface area contributed by atoms with Gasteiger partial charge in [-0.3, -0.25) is 9.59 Å². The van der Waals surface area contributed by atoms with Crippen LogP contribution in [0.5, 0.6) is 0 Å². The fourth-order valence-corrected chi connectivity index (χ4v) is 3.55. The Morgan fingerprint density at radius 2 is 1.61 bits per heavy atom. The Kier molecular flexibility index (Phi) is 8.25. The average molecular weight is 454 g/mol. The fourth-order valence-electron chi connectivity index (χ4n) is 3.55. The zero-order chi connectivity index (χ0) is 24.9. The Morgan fingerprint density at radius 1 is 0.970 bits per heavy atom. The summed E-state index contributed by atoms with van der Waals surface area (Å²) in [6.45, 7) is 12.6. The van der Waals surface area contributed by atoms with E-state index >= 15 is 0 Å². The number of aryl methyl sites for hydroxylation is 3. The fraction of sp³-hybridized carbons (Fsp3) is 0.423. The second-order valence-corrected chi connectivity index (χ2v) is 9.38. The van der Waals surface area contributed by atoms with Crippen LogP contribution in [0.2, 0.25) is 0 Å². The van der Waals surface area contributed by atoms with E-state index in [0.717, 1.165) is 16.7 Å². The topological polar surface area (TPSA) is 87.7 Å². The summed E-state index contributed by atoms with van der Waals surface area (Å²) in [5.74, 6) is -0.748. The summed E-state index contributed by atoms with van der Waals surface area (Å²) in [5.41, 5.74) is 3.58. The number of hydrogen-bond donors (Lipinski definition) is 2. The van der Waals surface area contributed by atoms with Gasteiger partial charge >= 0.3 is 6.09 Å². The number of amides is 3. The molecule has 7 heteroatoms. The van der Waals surface area contributed by atoms with Gasteiger partial charge in [-0.2, -0.15) is 0 Å². The summed E-state index contributed by atoms with van der Waals surface area (Å²) in [4.78, 5) is 40.2. The molecular formula is C26H35N3O4. The van der Waals surface area contributed by atoms with Gasteiger partial charge in [-0.15, -0.1) is 0 Å². The first-order valence-corrected chi connectivity index (χ1v) is 11.0. The summed E-state index contributed by atoms with van der Waals surface area (Å²) in [5, 5.41) is 5.51. The molecular weight excluding hydrogens is 418 g/mol. The van der Waals surface area contributed by atoms with Crippen LogP contribution < -0.4 is 10.6 Å². The van der Waals surface area contributed by atoms with Crippen molar-refractivity contribution in [3.05, 3.63) is 64.7 Å². The molecule has 0 aliphatic carbocycles. The van der Waals surface area contributed by atoms with Crippen LogP contribution in [0, 0.1) is 20.8 Å². The molecule has 0 spiro atoms. The van der Waals surface area contributed by atoms with Crippen LogP contribution in [0.3, 0.4) is 0 Å². The Labute approximate surface area is 196 Å². The molecule has 2 aromatic carbocycles. The predicted molar refractivity (Wildman–Crippen MR) is 130 cm³/mol. The summed E-state index contributed by atoms with van der Waals surface area (Å²) >= 11 is 0. The van der Waals surface area contributed by atoms with Crippen LogP contribution in [-0.2, 0) is 14.3 Å². The van der Waals surface area contributed by atoms with Crippen molar-refractivity contribution in [2.45, 2.75) is 66.2 Å². The van der Waals surface area contributed by atoms with Gasteiger partial charge in [0.15, 0.2) is 0 Å². The monoisotopic (exact) mass is 453 g/mol. The van der Waals surface area contributed by atoms with Crippen LogP contribution in [0.15, 0.2) is 42.5 Å². The van der Waals surface area contributed by atoms with E-state index in [9.17, 15) is 14.4 Å². The number of nitrogens with zero attached hydrogens (tertiary/aromatic N) is 1. The molecule has 3 amide bonds. The third-order valence-electron chi connectivity index (χ3n) is 5.21. The quantitative estimate of drug-likeness (QED) is 0.666. The highest BCUT2D eigenvalue weighted by molar-refractivity contribution is 5.99. The Balaban J connectivity index is 2.34. The number of ether oxygens (including phenoxy) is 1. The van der Waals surface area contributed by atoms with E-state index in [2.05, 4.69) is 10.6 Å². The summed E-state index contributed by atoms with van der Waals surface area (Å²) in [7, 11) is 1.57. The first kappa shape index (κ1) is 25.9. The van der Waals surface area contributed by atoms with Gasteiger partial charge in [-0.05, 0) is 71.2 Å². The normalized spacial score (nSPS) is 13.0. The molecule has 2 aromatic rings. The minimum Gasteiger partial charge on any atom is -0.444 e. The molecule has 2 unspecified atom stereocenters. The molecule has 178 valence electrons. The largest absolute Gasteiger partial charge is 0.444 e. The number of anilines is 1. The lowest BCUT2D eigenvalue weighted by molar-refractivity contribution is -0.138. The highest BCUT2D eigenvalue weighted by Crippen LogP contribution is 2.27. The third-order valence-corrected chi connectivity index (χ3v) is 5.21. The first-order chi connectivity index (χ1) is 15.3. The number of carbonyl (C=O) groups is 3. The number of carbonyl (C=O) groups excluding carboxylic acids is 3. The minimum atomic E-state index is -0.888. The van der Waals surface area contributed by atoms with E-state index in [1.165, 1.54) is 4.90 Å². The van der Waals surface area contributed by atoms with E-state index < -0.39 is 29.7 Å². The molecule has 0 bridgehead atoms. The van der Waals surface area contributed by atoms with Gasteiger partial charge in [-0.25, -0.2) is 4.79 Å². The van der Waals surface area contributed by atoms with E-state index in [0.29, 0.717) is 11.3 Å². The molecule has 0 aliphatic heterocycles. The number of likely N-dealkylation sites (N-methyl/N-ethyl adjacent to an activating group) is 1. The SMILES string of the molecule is Cc1ccc(C(C(=O)Nc2ccccc2C)N(C)C(=O)C(C)NC(=O)OC(C)(C)C)c(C)c1. The zero-order valence-corrected chi connectivity index (χ0v) is 20.8. The lowest BCUT2D eigenvalue weighted by Crippen LogP contribution is -2.49. The molecule has 0 saturated carbocycles. The van der Waals surface area contributed by atoms with Crippen molar-refractivity contribution in [3.8, 4) is 0 Å². The van der Waals surface area contributed by atoms with Gasteiger partial charge in [-0.1, -0.05) is 42.0 Å². The molecule has 33 heavy (non-hydrogen) atoms. The van der Waals surface area contributed by atoms with E-state index in [4.69, 9.17) is 4.74 Å². The molecule has 2 rings (SSSR count). The van der Waals surface area contributed by atoms with Crippen molar-refractivity contribution in [2.75, 3.05) is 12.4 Å². The lowest BCUT2D eigenvalue weighted by atomic mass is 9.97. The molecule has 0 saturated heterocycles. The smallest absolute Gasteiger partial charge is 0.408 e. The second-order valence-electron chi connectivity index (χ2n) is 9.38. The Hall–Kier alpha value is -3.35. The van der Waals surface area contributed by atoms with Crippen molar-refractivity contribution in [1.82, 2.24) is 10.2 Å². The number of hydrogen-bond acceptors (Lipinski definition) is 4. The van der Waals surface area contributed by atoms with Gasteiger partial charge in [0.1, 0.15) is 17.7 Å². The maximum atomic E-state index is 13.5. The average Bonchev–Trinajstić information content (AvgIpc) is 2.69.